The average Bonchev–Trinajstić information content (AvgIpc) is 3.08. The van der Waals surface area contributed by atoms with Gasteiger partial charge in [0.1, 0.15) is 17.5 Å². The average molecular weight is 360 g/mol. The minimum absolute atomic E-state index is 0.0395. The lowest BCUT2D eigenvalue weighted by molar-refractivity contribution is -0.121. The molecule has 1 heterocycles. The monoisotopic (exact) mass is 360 g/mol. The molecular weight excluding hydrogens is 345 g/mol. The minimum atomic E-state index is -0.754. The van der Waals surface area contributed by atoms with Crippen molar-refractivity contribution < 1.29 is 22.4 Å². The Hall–Kier alpha value is -3.09. The fourth-order valence-corrected chi connectivity index (χ4v) is 2.42. The third-order valence-electron chi connectivity index (χ3n) is 3.76. The number of nitrogens with zero attached hydrogens (tertiary/aromatic N) is 1. The standard InChI is InChI=1S/C19H15F3N2O2/c20-13-5-2-1-4-12(13)10-23-17(25)8-9-18-24-11-16(26-18)19-14(21)6-3-7-15(19)22/h1-7,11H,8-10H2,(H,23,25). The van der Waals surface area contributed by atoms with Gasteiger partial charge in [-0.15, -0.1) is 0 Å². The van der Waals surface area contributed by atoms with Gasteiger partial charge in [-0.2, -0.15) is 0 Å². The first-order valence-corrected chi connectivity index (χ1v) is 7.94. The summed E-state index contributed by atoms with van der Waals surface area (Å²) in [5.41, 5.74) is 0.0875. The van der Waals surface area contributed by atoms with Crippen molar-refractivity contribution in [3.05, 3.63) is 77.6 Å². The summed E-state index contributed by atoms with van der Waals surface area (Å²) in [6.45, 7) is 0.0722. The van der Waals surface area contributed by atoms with Crippen molar-refractivity contribution in [1.29, 1.82) is 0 Å². The SMILES string of the molecule is O=C(CCc1ncc(-c2c(F)cccc2F)o1)NCc1ccccc1F. The molecule has 1 N–H and O–H groups in total. The first-order chi connectivity index (χ1) is 12.5. The molecule has 3 rings (SSSR count). The number of benzene rings is 2. The summed E-state index contributed by atoms with van der Waals surface area (Å²) >= 11 is 0. The zero-order valence-electron chi connectivity index (χ0n) is 13.6. The number of rotatable bonds is 6. The van der Waals surface area contributed by atoms with E-state index in [0.29, 0.717) is 5.56 Å². The lowest BCUT2D eigenvalue weighted by Crippen LogP contribution is -2.23. The van der Waals surface area contributed by atoms with Crippen molar-refractivity contribution in [2.75, 3.05) is 0 Å². The first kappa shape index (κ1) is 17.7. The molecule has 0 fully saturated rings. The normalized spacial score (nSPS) is 10.7. The Morgan fingerprint density at radius 2 is 1.69 bits per heavy atom. The smallest absolute Gasteiger partial charge is 0.220 e. The number of hydrogen-bond donors (Lipinski definition) is 1. The van der Waals surface area contributed by atoms with Gasteiger partial charge in [-0.25, -0.2) is 18.2 Å². The van der Waals surface area contributed by atoms with Gasteiger partial charge in [-0.05, 0) is 18.2 Å². The van der Waals surface area contributed by atoms with E-state index in [1.54, 1.807) is 18.2 Å². The van der Waals surface area contributed by atoms with E-state index in [2.05, 4.69) is 10.3 Å². The van der Waals surface area contributed by atoms with Gasteiger partial charge in [0.2, 0.25) is 5.91 Å². The Bertz CT molecular complexity index is 904. The van der Waals surface area contributed by atoms with Crippen LogP contribution in [0.15, 0.2) is 53.1 Å². The zero-order chi connectivity index (χ0) is 18.5. The molecule has 134 valence electrons. The van der Waals surface area contributed by atoms with Crippen LogP contribution in [0.1, 0.15) is 17.9 Å². The summed E-state index contributed by atoms with van der Waals surface area (Å²) in [6.07, 6.45) is 1.42. The van der Waals surface area contributed by atoms with Crippen LogP contribution in [0.25, 0.3) is 11.3 Å². The number of hydrogen-bond acceptors (Lipinski definition) is 3. The summed E-state index contributed by atoms with van der Waals surface area (Å²) in [6, 6.07) is 9.65. The Morgan fingerprint density at radius 3 is 2.42 bits per heavy atom. The van der Waals surface area contributed by atoms with Gasteiger partial charge in [0.25, 0.3) is 0 Å². The van der Waals surface area contributed by atoms with Crippen LogP contribution in [0.4, 0.5) is 13.2 Å². The maximum atomic E-state index is 13.7. The summed E-state index contributed by atoms with van der Waals surface area (Å²) in [5, 5.41) is 2.60. The number of oxazole rings is 1. The van der Waals surface area contributed by atoms with Crippen molar-refractivity contribution in [2.45, 2.75) is 19.4 Å². The quantitative estimate of drug-likeness (QED) is 0.723. The second kappa shape index (κ2) is 7.86. The second-order valence-corrected chi connectivity index (χ2v) is 5.58. The molecule has 3 aromatic rings. The fraction of sp³-hybridized carbons (Fsp3) is 0.158. The maximum Gasteiger partial charge on any atom is 0.220 e. The topological polar surface area (TPSA) is 55.1 Å². The molecule has 0 spiro atoms. The number of carbonyl (C=O) groups is 1. The molecule has 0 aliphatic heterocycles. The van der Waals surface area contributed by atoms with E-state index in [9.17, 15) is 18.0 Å². The van der Waals surface area contributed by atoms with E-state index in [4.69, 9.17) is 4.42 Å². The van der Waals surface area contributed by atoms with Crippen LogP contribution in [0, 0.1) is 17.5 Å². The van der Waals surface area contributed by atoms with Crippen molar-refractivity contribution >= 4 is 5.91 Å². The molecule has 0 aliphatic carbocycles. The largest absolute Gasteiger partial charge is 0.441 e. The van der Waals surface area contributed by atoms with E-state index in [1.807, 2.05) is 0 Å². The van der Waals surface area contributed by atoms with Crippen LogP contribution in [-0.4, -0.2) is 10.9 Å². The van der Waals surface area contributed by atoms with E-state index in [-0.39, 0.29) is 42.5 Å². The van der Waals surface area contributed by atoms with Gasteiger partial charge < -0.3 is 9.73 Å². The Labute approximate surface area is 147 Å². The summed E-state index contributed by atoms with van der Waals surface area (Å²) in [4.78, 5) is 15.8. The molecule has 2 aromatic carbocycles. The van der Waals surface area contributed by atoms with Gasteiger partial charge >= 0.3 is 0 Å². The van der Waals surface area contributed by atoms with Gasteiger partial charge in [-0.3, -0.25) is 4.79 Å². The molecule has 4 nitrogen and oxygen atoms in total. The molecule has 1 aromatic heterocycles. The van der Waals surface area contributed by atoms with Crippen molar-refractivity contribution in [1.82, 2.24) is 10.3 Å². The summed E-state index contributed by atoms with van der Waals surface area (Å²) in [5.74, 6) is -2.07. The van der Waals surface area contributed by atoms with Crippen LogP contribution < -0.4 is 5.32 Å². The first-order valence-electron chi connectivity index (χ1n) is 7.94. The third-order valence-corrected chi connectivity index (χ3v) is 3.76. The molecule has 0 radical (unpaired) electrons. The molecule has 26 heavy (non-hydrogen) atoms. The van der Waals surface area contributed by atoms with Crippen molar-refractivity contribution in [3.63, 3.8) is 0 Å². The molecular formula is C19H15F3N2O2. The highest BCUT2D eigenvalue weighted by Gasteiger charge is 2.16. The Morgan fingerprint density at radius 1 is 1.00 bits per heavy atom. The molecule has 1 amide bonds. The number of aryl methyl sites for hydroxylation is 1. The van der Waals surface area contributed by atoms with Gasteiger partial charge in [0, 0.05) is 24.9 Å². The van der Waals surface area contributed by atoms with Crippen molar-refractivity contribution in [3.8, 4) is 11.3 Å². The Balaban J connectivity index is 1.56. The molecule has 0 atom stereocenters. The predicted molar refractivity (Wildman–Crippen MR) is 88.4 cm³/mol. The van der Waals surface area contributed by atoms with Crippen LogP contribution >= 0.6 is 0 Å². The molecule has 0 aliphatic rings. The number of halogens is 3. The van der Waals surface area contributed by atoms with Gasteiger partial charge in [-0.1, -0.05) is 24.3 Å². The predicted octanol–water partition coefficient (Wildman–Crippen LogP) is 4.01. The summed E-state index contributed by atoms with van der Waals surface area (Å²) < 4.78 is 46.3. The summed E-state index contributed by atoms with van der Waals surface area (Å²) in [7, 11) is 0. The molecule has 0 unspecified atom stereocenters. The zero-order valence-corrected chi connectivity index (χ0v) is 13.6. The molecule has 0 saturated carbocycles. The number of nitrogens with one attached hydrogen (secondary N) is 1. The highest BCUT2D eigenvalue weighted by molar-refractivity contribution is 5.76. The fourth-order valence-electron chi connectivity index (χ4n) is 2.42. The second-order valence-electron chi connectivity index (χ2n) is 5.58. The molecule has 7 heteroatoms. The van der Waals surface area contributed by atoms with Crippen LogP contribution in [-0.2, 0) is 17.8 Å². The van der Waals surface area contributed by atoms with Gasteiger partial charge in [0.15, 0.2) is 11.7 Å². The number of aromatic nitrogens is 1. The number of amides is 1. The van der Waals surface area contributed by atoms with Gasteiger partial charge in [0.05, 0.1) is 11.8 Å². The van der Waals surface area contributed by atoms with Crippen LogP contribution in [0.5, 0.6) is 0 Å². The highest BCUT2D eigenvalue weighted by atomic mass is 19.1. The van der Waals surface area contributed by atoms with E-state index < -0.39 is 17.5 Å². The van der Waals surface area contributed by atoms with Crippen LogP contribution in [0.3, 0.4) is 0 Å². The third kappa shape index (κ3) is 4.11. The lowest BCUT2D eigenvalue weighted by Gasteiger charge is -2.05. The van der Waals surface area contributed by atoms with Crippen LogP contribution in [0.2, 0.25) is 0 Å². The number of carbonyl (C=O) groups excluding carboxylic acids is 1. The van der Waals surface area contributed by atoms with E-state index in [1.165, 1.54) is 18.3 Å². The minimum Gasteiger partial charge on any atom is -0.441 e. The lowest BCUT2D eigenvalue weighted by atomic mass is 10.1. The van der Waals surface area contributed by atoms with Crippen molar-refractivity contribution in [2.24, 2.45) is 0 Å². The molecule has 0 saturated heterocycles. The Kier molecular flexibility index (Phi) is 5.36. The highest BCUT2D eigenvalue weighted by Crippen LogP contribution is 2.26. The van der Waals surface area contributed by atoms with E-state index in [0.717, 1.165) is 12.1 Å². The van der Waals surface area contributed by atoms with E-state index >= 15 is 0 Å². The maximum absolute atomic E-state index is 13.7. The molecule has 0 bridgehead atoms.